The Balaban J connectivity index is 0.000000213. The second-order valence-electron chi connectivity index (χ2n) is 14.7. The van der Waals surface area contributed by atoms with Crippen molar-refractivity contribution in [2.24, 2.45) is 0 Å². The largest absolute Gasteiger partial charge is 2.00 e. The van der Waals surface area contributed by atoms with Crippen LogP contribution < -0.4 is 30.6 Å². The first-order chi connectivity index (χ1) is 27.2. The van der Waals surface area contributed by atoms with Gasteiger partial charge in [-0.3, -0.25) is 0 Å². The van der Waals surface area contributed by atoms with Crippen LogP contribution in [0.2, 0.25) is 0 Å². The summed E-state index contributed by atoms with van der Waals surface area (Å²) in [7, 11) is 1.52. The quantitative estimate of drug-likeness (QED) is 0.0987. The third-order valence-electron chi connectivity index (χ3n) is 10.6. The Kier molecular flexibility index (Phi) is 19.9. The van der Waals surface area contributed by atoms with Crippen LogP contribution in [0.5, 0.6) is 0 Å². The summed E-state index contributed by atoms with van der Waals surface area (Å²) >= 11 is 0. The fraction of sp³-hybridized carbons (Fsp3) is 0.111. The number of aryl methyl sites for hydroxylation is 6. The number of halogens is 2. The molecule has 0 heterocycles. The van der Waals surface area contributed by atoms with E-state index in [1.807, 2.05) is 0 Å². The third kappa shape index (κ3) is 12.5. The zero-order valence-corrected chi connectivity index (χ0v) is 40.2. The maximum atomic E-state index is 2.31. The monoisotopic (exact) mass is 894 g/mol. The van der Waals surface area contributed by atoms with Gasteiger partial charge in [-0.05, 0) is 49.4 Å². The predicted molar refractivity (Wildman–Crippen MR) is 255 cm³/mol. The number of fused-ring (bicyclic) bond motifs is 4. The third-order valence-corrected chi connectivity index (χ3v) is 13.4. The first-order valence-corrected chi connectivity index (χ1v) is 21.4. The van der Waals surface area contributed by atoms with Crippen LogP contribution in [0.1, 0.15) is 33.4 Å². The van der Waals surface area contributed by atoms with Crippen LogP contribution >= 0.6 is 17.2 Å². The number of rotatable bonds is 4. The van der Waals surface area contributed by atoms with E-state index in [1.165, 1.54) is 97.7 Å². The molecule has 0 nitrogen and oxygen atoms in total. The van der Waals surface area contributed by atoms with Gasteiger partial charge in [-0.15, -0.1) is 138 Å². The van der Waals surface area contributed by atoms with Crippen LogP contribution in [-0.2, 0) is 43.4 Å². The van der Waals surface area contributed by atoms with Crippen molar-refractivity contribution in [1.29, 1.82) is 0 Å². The van der Waals surface area contributed by atoms with E-state index in [9.17, 15) is 0 Å². The first kappa shape index (κ1) is 50.3. The molecule has 10 rings (SSSR count). The normalized spacial score (nSPS) is 10.5. The van der Waals surface area contributed by atoms with Gasteiger partial charge in [-0.1, -0.05) is 115 Å². The molecule has 0 saturated carbocycles. The summed E-state index contributed by atoms with van der Waals surface area (Å²) in [5, 5.41) is 16.7. The summed E-state index contributed by atoms with van der Waals surface area (Å²) in [6.07, 6.45) is 0. The summed E-state index contributed by atoms with van der Waals surface area (Å²) < 4.78 is 0. The van der Waals surface area contributed by atoms with Gasteiger partial charge >= 0.3 is 43.4 Å². The molecular formula is C54H50F2P2Ti2-2. The molecule has 0 aliphatic carbocycles. The topological polar surface area (TPSA) is 0 Å². The Hall–Kier alpha value is -4.09. The summed E-state index contributed by atoms with van der Waals surface area (Å²) in [4.78, 5) is 0. The minimum atomic E-state index is 0. The molecule has 6 heteroatoms. The van der Waals surface area contributed by atoms with E-state index in [2.05, 4.69) is 224 Å². The van der Waals surface area contributed by atoms with Gasteiger partial charge in [0.25, 0.3) is 0 Å². The standard InChI is InChI=1S/2C16H14P.2C11H11.2FH.2Ti/c2*1-12-6-2-5-9-16(12)17-15-10-13-7-3-4-8-14(13)11-15;2*1-8-6-7-9(2)11-5-3-4-10(8)11;;;;/h2*2-11,17H,1H3;2*3-7H,1-2H3;2*1H;;/q4*-1;;;2*+2/p-2. The van der Waals surface area contributed by atoms with Crippen LogP contribution in [0, 0.1) is 41.5 Å². The molecule has 0 radical (unpaired) electrons. The van der Waals surface area contributed by atoms with E-state index in [4.69, 9.17) is 0 Å². The van der Waals surface area contributed by atoms with Gasteiger partial charge in [-0.2, -0.15) is 36.4 Å². The van der Waals surface area contributed by atoms with E-state index in [0.29, 0.717) is 0 Å². The van der Waals surface area contributed by atoms with Crippen LogP contribution in [-0.4, -0.2) is 0 Å². The molecule has 0 aromatic heterocycles. The minimum absolute atomic E-state index is 0. The van der Waals surface area contributed by atoms with Gasteiger partial charge in [0.05, 0.1) is 0 Å². The molecule has 300 valence electrons. The first-order valence-electron chi connectivity index (χ1n) is 19.4. The van der Waals surface area contributed by atoms with Gasteiger partial charge < -0.3 is 9.41 Å². The van der Waals surface area contributed by atoms with Crippen LogP contribution in [0.25, 0.3) is 43.1 Å². The number of hydrogen-bond donors (Lipinski definition) is 0. The van der Waals surface area contributed by atoms with Gasteiger partial charge in [0.15, 0.2) is 0 Å². The summed E-state index contributed by atoms with van der Waals surface area (Å²) in [5.41, 5.74) is 8.25. The molecule has 0 aliphatic rings. The van der Waals surface area contributed by atoms with E-state index < -0.39 is 0 Å². The van der Waals surface area contributed by atoms with E-state index >= 15 is 0 Å². The van der Waals surface area contributed by atoms with Crippen LogP contribution in [0.15, 0.2) is 182 Å². The average molecular weight is 895 g/mol. The number of benzene rings is 6. The van der Waals surface area contributed by atoms with Gasteiger partial charge in [0.2, 0.25) is 0 Å². The Morgan fingerprint density at radius 1 is 0.367 bits per heavy atom. The van der Waals surface area contributed by atoms with Crippen molar-refractivity contribution in [2.75, 3.05) is 0 Å². The van der Waals surface area contributed by atoms with Crippen molar-refractivity contribution in [3.05, 3.63) is 215 Å². The predicted octanol–water partition coefficient (Wildman–Crippen LogP) is 7.35. The minimum Gasteiger partial charge on any atom is -1.00 e. The van der Waals surface area contributed by atoms with Crippen molar-refractivity contribution < 1.29 is 52.8 Å². The molecule has 0 spiro atoms. The van der Waals surface area contributed by atoms with Crippen molar-refractivity contribution in [3.63, 3.8) is 0 Å². The second-order valence-corrected chi connectivity index (χ2v) is 17.5. The molecule has 10 aromatic rings. The van der Waals surface area contributed by atoms with E-state index in [0.717, 1.165) is 17.2 Å². The molecule has 0 aliphatic heterocycles. The molecule has 10 aromatic carbocycles. The molecule has 2 unspecified atom stereocenters. The van der Waals surface area contributed by atoms with Gasteiger partial charge in [-0.25, -0.2) is 0 Å². The molecule has 0 fully saturated rings. The van der Waals surface area contributed by atoms with E-state index in [1.54, 1.807) is 0 Å². The Morgan fingerprint density at radius 2 is 0.717 bits per heavy atom. The van der Waals surface area contributed by atoms with Crippen LogP contribution in [0.4, 0.5) is 0 Å². The number of hydrogen-bond acceptors (Lipinski definition) is 0. The summed E-state index contributed by atoms with van der Waals surface area (Å²) in [6, 6.07) is 65.3. The SMILES string of the molecule is Cc1ccc(C)c2[cH-]ccc12.Cc1ccc(C)c2[cH-]ccc12.Cc1ccccc1Pc1cc2ccccc2[cH-]1.Cc1ccccc1Pc1cc2ccccc2[cH-]1.[F-].[F-].[Ti+2].[Ti+2]. The maximum absolute atomic E-state index is 2.31. The Labute approximate surface area is 388 Å². The Bertz CT molecular complexity index is 2520. The summed E-state index contributed by atoms with van der Waals surface area (Å²) in [5.74, 6) is 0. The molecule has 0 amide bonds. The van der Waals surface area contributed by atoms with Gasteiger partial charge in [0.1, 0.15) is 0 Å². The zero-order chi connectivity index (χ0) is 39.0. The van der Waals surface area contributed by atoms with Crippen molar-refractivity contribution in [1.82, 2.24) is 0 Å². The molecule has 0 saturated heterocycles. The summed E-state index contributed by atoms with van der Waals surface area (Å²) in [6.45, 7) is 13.0. The fourth-order valence-electron chi connectivity index (χ4n) is 7.26. The van der Waals surface area contributed by atoms with Crippen molar-refractivity contribution in [3.8, 4) is 0 Å². The molecular weight excluding hydrogens is 844 g/mol. The van der Waals surface area contributed by atoms with Crippen molar-refractivity contribution >= 4 is 81.5 Å². The van der Waals surface area contributed by atoms with Crippen LogP contribution in [0.3, 0.4) is 0 Å². The maximum Gasteiger partial charge on any atom is 2.00 e. The van der Waals surface area contributed by atoms with E-state index in [-0.39, 0.29) is 52.8 Å². The van der Waals surface area contributed by atoms with Crippen molar-refractivity contribution in [2.45, 2.75) is 41.5 Å². The second kappa shape index (κ2) is 23.8. The average Bonchev–Trinajstić information content (AvgIpc) is 4.04. The zero-order valence-electron chi connectivity index (χ0n) is 35.1. The fourth-order valence-corrected chi connectivity index (χ4v) is 9.71. The molecule has 60 heavy (non-hydrogen) atoms. The van der Waals surface area contributed by atoms with Gasteiger partial charge in [0, 0.05) is 0 Å². The Morgan fingerprint density at radius 3 is 1.08 bits per heavy atom. The molecule has 0 N–H and O–H groups in total. The molecule has 2 atom stereocenters. The molecule has 0 bridgehead atoms. The smallest absolute Gasteiger partial charge is 1.00 e.